The molecule has 0 saturated carbocycles. The van der Waals surface area contributed by atoms with E-state index in [1.807, 2.05) is 0 Å². The summed E-state index contributed by atoms with van der Waals surface area (Å²) in [4.78, 5) is 10.1. The van der Waals surface area contributed by atoms with Gasteiger partial charge in [-0.3, -0.25) is 0 Å². The summed E-state index contributed by atoms with van der Waals surface area (Å²) in [6.45, 7) is 0.668. The molecular formula is C4H8FNO3. The van der Waals surface area contributed by atoms with Gasteiger partial charge >= 0.3 is 6.09 Å². The molecule has 0 unspecified atom stereocenters. The molecule has 0 rings (SSSR count). The van der Waals surface area contributed by atoms with E-state index in [1.54, 1.807) is 6.92 Å². The number of carbonyl (C=O) groups is 1. The number of halogens is 1. The van der Waals surface area contributed by atoms with Gasteiger partial charge in [0.1, 0.15) is 0 Å². The van der Waals surface area contributed by atoms with E-state index in [-0.39, 0.29) is 6.61 Å². The van der Waals surface area contributed by atoms with Gasteiger partial charge in [0.2, 0.25) is 0 Å². The Labute approximate surface area is 51.8 Å². The molecule has 4 nitrogen and oxygen atoms in total. The van der Waals surface area contributed by atoms with Crippen LogP contribution in [0.1, 0.15) is 6.92 Å². The third-order valence-electron chi connectivity index (χ3n) is 0.590. The zero-order chi connectivity index (χ0) is 7.28. The molecular weight excluding hydrogens is 129 g/mol. The summed E-state index contributed by atoms with van der Waals surface area (Å²) in [6.07, 6.45) is -1.17. The van der Waals surface area contributed by atoms with E-state index in [9.17, 15) is 9.28 Å². The molecule has 0 radical (unpaired) electrons. The van der Waals surface area contributed by atoms with Crippen molar-refractivity contribution in [2.45, 2.75) is 6.92 Å². The number of aliphatic hydroxyl groups excluding tert-OH is 1. The quantitative estimate of drug-likeness (QED) is 0.439. The first-order chi connectivity index (χ1) is 4.22. The minimum Gasteiger partial charge on any atom is -0.448 e. The second-order valence-electron chi connectivity index (χ2n) is 1.20. The molecule has 0 bridgehead atoms. The number of amides is 1. The Morgan fingerprint density at radius 3 is 2.78 bits per heavy atom. The molecule has 0 heterocycles. The van der Waals surface area contributed by atoms with E-state index in [0.717, 1.165) is 0 Å². The minimum absolute atomic E-state index is 0.0965. The highest BCUT2D eigenvalue weighted by molar-refractivity contribution is 5.65. The fraction of sp³-hybridized carbons (Fsp3) is 0.750. The summed E-state index contributed by atoms with van der Waals surface area (Å²) in [7, 11) is 0. The average molecular weight is 137 g/mol. The summed E-state index contributed by atoms with van der Waals surface area (Å²) >= 11 is 0. The van der Waals surface area contributed by atoms with E-state index in [4.69, 9.17) is 5.11 Å². The average Bonchev–Trinajstić information content (AvgIpc) is 1.87. The minimum atomic E-state index is -1.17. The van der Waals surface area contributed by atoms with Crippen LogP contribution < -0.4 is 0 Å². The van der Waals surface area contributed by atoms with Crippen molar-refractivity contribution in [1.29, 1.82) is 0 Å². The Kier molecular flexibility index (Phi) is 3.70. The monoisotopic (exact) mass is 137 g/mol. The van der Waals surface area contributed by atoms with Crippen molar-refractivity contribution in [1.82, 2.24) is 5.12 Å². The zero-order valence-corrected chi connectivity index (χ0v) is 5.00. The predicted molar refractivity (Wildman–Crippen MR) is 27.1 cm³/mol. The maximum Gasteiger partial charge on any atom is 0.440 e. The maximum absolute atomic E-state index is 11.8. The van der Waals surface area contributed by atoms with Crippen molar-refractivity contribution in [3.63, 3.8) is 0 Å². The van der Waals surface area contributed by atoms with Crippen LogP contribution in [0.3, 0.4) is 0 Å². The van der Waals surface area contributed by atoms with Crippen LogP contribution in [0.5, 0.6) is 0 Å². The highest BCUT2D eigenvalue weighted by atomic mass is 19.2. The fourth-order valence-corrected chi connectivity index (χ4v) is 0.251. The number of ether oxygens (including phenoxy) is 1. The van der Waals surface area contributed by atoms with Crippen molar-refractivity contribution < 1.29 is 19.1 Å². The second-order valence-corrected chi connectivity index (χ2v) is 1.20. The molecule has 5 heteroatoms. The Bertz CT molecular complexity index is 97.8. The third-order valence-corrected chi connectivity index (χ3v) is 0.590. The van der Waals surface area contributed by atoms with Crippen molar-refractivity contribution in [2.75, 3.05) is 13.3 Å². The Morgan fingerprint density at radius 1 is 1.89 bits per heavy atom. The standard InChI is InChI=1S/C4H8FNO3/c1-2-9-4(8)6(5)3-7/h7H,2-3H2,1H3. The highest BCUT2D eigenvalue weighted by Gasteiger charge is 2.10. The van der Waals surface area contributed by atoms with Crippen molar-refractivity contribution >= 4 is 6.09 Å². The van der Waals surface area contributed by atoms with Crippen LogP contribution in [0.2, 0.25) is 0 Å². The number of nitrogens with zero attached hydrogens (tertiary/aromatic N) is 1. The summed E-state index contributed by atoms with van der Waals surface area (Å²) in [6, 6.07) is 0. The Hall–Kier alpha value is -0.840. The molecule has 0 aliphatic heterocycles. The Morgan fingerprint density at radius 2 is 2.44 bits per heavy atom. The van der Waals surface area contributed by atoms with Gasteiger partial charge in [0.05, 0.1) is 6.61 Å². The van der Waals surface area contributed by atoms with Gasteiger partial charge in [-0.2, -0.15) is 0 Å². The van der Waals surface area contributed by atoms with Gasteiger partial charge in [0.25, 0.3) is 0 Å². The van der Waals surface area contributed by atoms with Gasteiger partial charge in [-0.1, -0.05) is 4.48 Å². The Balaban J connectivity index is 3.46. The molecule has 0 spiro atoms. The molecule has 1 amide bonds. The van der Waals surface area contributed by atoms with Crippen LogP contribution in [-0.2, 0) is 4.74 Å². The molecule has 0 aromatic heterocycles. The number of carbonyl (C=O) groups excluding carboxylic acids is 1. The van der Waals surface area contributed by atoms with Crippen LogP contribution in [0.25, 0.3) is 0 Å². The molecule has 0 fully saturated rings. The number of rotatable bonds is 2. The van der Waals surface area contributed by atoms with E-state index in [0.29, 0.717) is 0 Å². The van der Waals surface area contributed by atoms with Crippen LogP contribution in [0, 0.1) is 0 Å². The summed E-state index contributed by atoms with van der Waals surface area (Å²) < 4.78 is 16.0. The van der Waals surface area contributed by atoms with Crippen molar-refractivity contribution in [2.24, 2.45) is 0 Å². The number of hydrogen-bond acceptors (Lipinski definition) is 3. The van der Waals surface area contributed by atoms with Crippen LogP contribution in [0.4, 0.5) is 9.28 Å². The van der Waals surface area contributed by atoms with Crippen LogP contribution in [0.15, 0.2) is 0 Å². The lowest BCUT2D eigenvalue weighted by molar-refractivity contribution is -0.0415. The first-order valence-corrected chi connectivity index (χ1v) is 2.43. The van der Waals surface area contributed by atoms with Gasteiger partial charge < -0.3 is 9.84 Å². The van der Waals surface area contributed by atoms with Gasteiger partial charge in [0.15, 0.2) is 6.73 Å². The SMILES string of the molecule is CCOC(=O)N(F)CO. The molecule has 1 N–H and O–H groups in total. The molecule has 0 aromatic rings. The summed E-state index contributed by atoms with van der Waals surface area (Å²) in [5.74, 6) is 0. The van der Waals surface area contributed by atoms with E-state index in [2.05, 4.69) is 4.74 Å². The largest absolute Gasteiger partial charge is 0.448 e. The lowest BCUT2D eigenvalue weighted by Gasteiger charge is -2.06. The molecule has 0 atom stereocenters. The summed E-state index contributed by atoms with van der Waals surface area (Å²) in [5.41, 5.74) is 0. The summed E-state index contributed by atoms with van der Waals surface area (Å²) in [5, 5.41) is 7.55. The van der Waals surface area contributed by atoms with E-state index >= 15 is 0 Å². The van der Waals surface area contributed by atoms with Crippen molar-refractivity contribution in [3.8, 4) is 0 Å². The van der Waals surface area contributed by atoms with Crippen LogP contribution >= 0.6 is 0 Å². The fourth-order valence-electron chi connectivity index (χ4n) is 0.251. The number of aliphatic hydroxyl groups is 1. The van der Waals surface area contributed by atoms with Gasteiger partial charge in [-0.15, -0.1) is 5.12 Å². The van der Waals surface area contributed by atoms with Gasteiger partial charge in [-0.25, -0.2) is 4.79 Å². The predicted octanol–water partition coefficient (Wildman–Crippen LogP) is 0.279. The van der Waals surface area contributed by atoms with E-state index in [1.165, 1.54) is 0 Å². The maximum atomic E-state index is 11.8. The second kappa shape index (κ2) is 4.08. The molecule has 54 valence electrons. The van der Waals surface area contributed by atoms with E-state index < -0.39 is 17.9 Å². The molecule has 0 aliphatic carbocycles. The smallest absolute Gasteiger partial charge is 0.440 e. The first-order valence-electron chi connectivity index (χ1n) is 2.43. The molecule has 0 aliphatic rings. The highest BCUT2D eigenvalue weighted by Crippen LogP contribution is 1.91. The first kappa shape index (κ1) is 8.16. The molecule has 9 heavy (non-hydrogen) atoms. The van der Waals surface area contributed by atoms with Gasteiger partial charge in [-0.05, 0) is 6.92 Å². The third kappa shape index (κ3) is 2.86. The lowest BCUT2D eigenvalue weighted by Crippen LogP contribution is -2.24. The van der Waals surface area contributed by atoms with Gasteiger partial charge in [0, 0.05) is 0 Å². The topological polar surface area (TPSA) is 49.8 Å². The molecule has 0 aromatic carbocycles. The molecule has 0 saturated heterocycles. The lowest BCUT2D eigenvalue weighted by atomic mass is 10.9. The van der Waals surface area contributed by atoms with Crippen molar-refractivity contribution in [3.05, 3.63) is 0 Å². The zero-order valence-electron chi connectivity index (χ0n) is 5.00. The number of hydrogen-bond donors (Lipinski definition) is 1. The normalized spacial score (nSPS) is 8.78. The van der Waals surface area contributed by atoms with Crippen LogP contribution in [-0.4, -0.2) is 29.7 Å².